The van der Waals surface area contributed by atoms with Crippen LogP contribution in [0.15, 0.2) is 11.0 Å². The second-order valence-electron chi connectivity index (χ2n) is 4.52. The summed E-state index contributed by atoms with van der Waals surface area (Å²) < 4.78 is 26.1. The van der Waals surface area contributed by atoms with E-state index in [1.165, 1.54) is 32.1 Å². The monoisotopic (exact) mass is 343 g/mol. The molecule has 0 aliphatic heterocycles. The molecule has 9 heteroatoms. The van der Waals surface area contributed by atoms with E-state index in [9.17, 15) is 14.4 Å². The molecule has 0 atom stereocenters. The molecule has 0 aromatic carbocycles. The molecule has 0 spiro atoms. The fourth-order valence-electron chi connectivity index (χ4n) is 2.04. The lowest BCUT2D eigenvalue weighted by molar-refractivity contribution is -0.111. The average molecular weight is 343 g/mol. The average Bonchev–Trinajstić information content (AvgIpc) is 2.59. The zero-order valence-electron chi connectivity index (χ0n) is 14.3. The second-order valence-corrected chi connectivity index (χ2v) is 4.52. The van der Waals surface area contributed by atoms with Gasteiger partial charge in [0.1, 0.15) is 5.56 Å². The lowest BCUT2D eigenvalue weighted by atomic mass is 10.2. The molecule has 1 aromatic heterocycles. The van der Waals surface area contributed by atoms with Crippen LogP contribution in [0.3, 0.4) is 0 Å². The van der Waals surface area contributed by atoms with Crippen LogP contribution in [0.5, 0.6) is 5.75 Å². The Labute approximate surface area is 139 Å². The number of pyridine rings is 1. The van der Waals surface area contributed by atoms with Gasteiger partial charge in [-0.25, -0.2) is 9.59 Å². The van der Waals surface area contributed by atoms with Crippen LogP contribution >= 0.6 is 0 Å². The van der Waals surface area contributed by atoms with Gasteiger partial charge in [-0.3, -0.25) is 4.79 Å². The van der Waals surface area contributed by atoms with E-state index in [0.29, 0.717) is 0 Å². The van der Waals surface area contributed by atoms with Crippen LogP contribution < -0.4 is 10.2 Å². The van der Waals surface area contributed by atoms with E-state index in [1.54, 1.807) is 6.92 Å². The van der Waals surface area contributed by atoms with Crippen LogP contribution in [-0.2, 0) is 25.5 Å². The van der Waals surface area contributed by atoms with Gasteiger partial charge in [0, 0.05) is 20.4 Å². The minimum Gasteiger partial charge on any atom is -0.491 e. The Hall–Kier alpha value is -2.39. The largest absolute Gasteiger partial charge is 0.491 e. The van der Waals surface area contributed by atoms with E-state index in [4.69, 9.17) is 18.9 Å². The molecule has 0 aliphatic carbocycles. The highest BCUT2D eigenvalue weighted by Crippen LogP contribution is 2.18. The Morgan fingerprint density at radius 2 is 1.75 bits per heavy atom. The highest BCUT2D eigenvalue weighted by Gasteiger charge is 2.27. The third kappa shape index (κ3) is 4.12. The summed E-state index contributed by atoms with van der Waals surface area (Å²) in [5, 5.41) is 0. The predicted molar refractivity (Wildman–Crippen MR) is 82.4 cm³/mol. The van der Waals surface area contributed by atoms with Crippen LogP contribution in [0.25, 0.3) is 0 Å². The van der Waals surface area contributed by atoms with Crippen molar-refractivity contribution in [2.45, 2.75) is 19.8 Å². The van der Waals surface area contributed by atoms with Gasteiger partial charge in [-0.2, -0.15) is 0 Å². The van der Waals surface area contributed by atoms with E-state index >= 15 is 0 Å². The van der Waals surface area contributed by atoms with Gasteiger partial charge in [-0.15, -0.1) is 0 Å². The summed E-state index contributed by atoms with van der Waals surface area (Å²) in [6.07, 6.45) is 0.462. The van der Waals surface area contributed by atoms with Gasteiger partial charge >= 0.3 is 11.9 Å². The SMILES string of the molecule is CCOC(=O)c1c(OC)c(=O)c(C(=O)OC)cn1CC(OC)OC. The van der Waals surface area contributed by atoms with Crippen molar-refractivity contribution in [3.05, 3.63) is 27.7 Å². The van der Waals surface area contributed by atoms with Gasteiger partial charge in [0.15, 0.2) is 17.7 Å². The molecule has 9 nitrogen and oxygen atoms in total. The highest BCUT2D eigenvalue weighted by molar-refractivity contribution is 5.94. The van der Waals surface area contributed by atoms with Crippen molar-refractivity contribution in [1.29, 1.82) is 0 Å². The van der Waals surface area contributed by atoms with Crippen LogP contribution in [-0.4, -0.2) is 57.8 Å². The standard InChI is InChI=1S/C15H21NO8/c1-6-24-15(19)11-13(22-4)12(17)9(14(18)23-5)7-16(11)8-10(20-2)21-3/h7,10H,6,8H2,1-5H3. The molecule has 1 aromatic rings. The van der Waals surface area contributed by atoms with Crippen LogP contribution in [0.4, 0.5) is 0 Å². The number of hydrogen-bond donors (Lipinski definition) is 0. The number of carbonyl (C=O) groups excluding carboxylic acids is 2. The molecule has 0 aliphatic rings. The third-order valence-corrected chi connectivity index (χ3v) is 3.19. The first-order valence-corrected chi connectivity index (χ1v) is 7.07. The molecular formula is C15H21NO8. The van der Waals surface area contributed by atoms with Crippen molar-refractivity contribution < 1.29 is 33.3 Å². The third-order valence-electron chi connectivity index (χ3n) is 3.19. The number of methoxy groups -OCH3 is 4. The molecule has 0 amide bonds. The van der Waals surface area contributed by atoms with E-state index in [1.807, 2.05) is 0 Å². The zero-order valence-corrected chi connectivity index (χ0v) is 14.3. The number of nitrogens with zero attached hydrogens (tertiary/aromatic N) is 1. The number of hydrogen-bond acceptors (Lipinski definition) is 8. The summed E-state index contributed by atoms with van der Waals surface area (Å²) in [5.41, 5.74) is -1.19. The van der Waals surface area contributed by atoms with E-state index in [2.05, 4.69) is 4.74 Å². The highest BCUT2D eigenvalue weighted by atomic mass is 16.7. The first-order chi connectivity index (χ1) is 11.4. The summed E-state index contributed by atoms with van der Waals surface area (Å²) in [7, 11) is 5.19. The van der Waals surface area contributed by atoms with E-state index in [-0.39, 0.29) is 30.2 Å². The summed E-state index contributed by atoms with van der Waals surface area (Å²) in [6, 6.07) is 0. The van der Waals surface area contributed by atoms with Crippen molar-refractivity contribution in [2.24, 2.45) is 0 Å². The van der Waals surface area contributed by atoms with Gasteiger partial charge in [-0.05, 0) is 6.92 Å². The first-order valence-electron chi connectivity index (χ1n) is 7.07. The van der Waals surface area contributed by atoms with E-state index < -0.39 is 23.7 Å². The molecule has 0 unspecified atom stereocenters. The minimum absolute atomic E-state index is 0.0157. The smallest absolute Gasteiger partial charge is 0.359 e. The van der Waals surface area contributed by atoms with Crippen LogP contribution in [0, 0.1) is 0 Å². The number of carbonyl (C=O) groups is 2. The van der Waals surface area contributed by atoms with Crippen molar-refractivity contribution in [2.75, 3.05) is 35.0 Å². The topological polar surface area (TPSA) is 102 Å². The van der Waals surface area contributed by atoms with Gasteiger partial charge in [0.25, 0.3) is 0 Å². The maximum Gasteiger partial charge on any atom is 0.359 e. The number of aromatic nitrogens is 1. The van der Waals surface area contributed by atoms with Gasteiger partial charge < -0.3 is 28.3 Å². The Morgan fingerprint density at radius 1 is 1.12 bits per heavy atom. The van der Waals surface area contributed by atoms with Gasteiger partial charge in [0.2, 0.25) is 5.43 Å². The fourth-order valence-corrected chi connectivity index (χ4v) is 2.04. The maximum atomic E-state index is 12.4. The van der Waals surface area contributed by atoms with Crippen LogP contribution in [0.1, 0.15) is 27.8 Å². The first kappa shape index (κ1) is 19.7. The van der Waals surface area contributed by atoms with Crippen molar-refractivity contribution >= 4 is 11.9 Å². The van der Waals surface area contributed by atoms with Crippen molar-refractivity contribution in [1.82, 2.24) is 4.57 Å². The fraction of sp³-hybridized carbons (Fsp3) is 0.533. The Kier molecular flexibility index (Phi) is 7.40. The van der Waals surface area contributed by atoms with E-state index in [0.717, 1.165) is 7.11 Å². The Balaban J connectivity index is 3.62. The molecule has 1 rings (SSSR count). The Bertz CT molecular complexity index is 648. The molecule has 0 saturated heterocycles. The minimum atomic E-state index is -0.853. The Morgan fingerprint density at radius 3 is 2.21 bits per heavy atom. The summed E-state index contributed by atoms with van der Waals surface area (Å²) in [6.45, 7) is 1.75. The molecule has 0 fully saturated rings. The second kappa shape index (κ2) is 9.04. The zero-order chi connectivity index (χ0) is 18.3. The molecule has 0 N–H and O–H groups in total. The van der Waals surface area contributed by atoms with Gasteiger partial charge in [0.05, 0.1) is 27.4 Å². The molecule has 1 heterocycles. The summed E-state index contributed by atoms with van der Waals surface area (Å²) >= 11 is 0. The lowest BCUT2D eigenvalue weighted by Crippen LogP contribution is -2.30. The molecule has 24 heavy (non-hydrogen) atoms. The molecular weight excluding hydrogens is 322 g/mol. The quantitative estimate of drug-likeness (QED) is 0.495. The number of rotatable bonds is 8. The van der Waals surface area contributed by atoms with Crippen molar-refractivity contribution in [3.8, 4) is 5.75 Å². The normalized spacial score (nSPS) is 10.6. The van der Waals surface area contributed by atoms with Crippen LogP contribution in [0.2, 0.25) is 0 Å². The number of ether oxygens (including phenoxy) is 5. The summed E-state index contributed by atoms with van der Waals surface area (Å²) in [5.74, 6) is -1.94. The molecule has 0 radical (unpaired) electrons. The predicted octanol–water partition coefficient (Wildman–Crippen LogP) is 0.439. The van der Waals surface area contributed by atoms with Crippen molar-refractivity contribution in [3.63, 3.8) is 0 Å². The summed E-state index contributed by atoms with van der Waals surface area (Å²) in [4.78, 5) is 36.5. The maximum absolute atomic E-state index is 12.4. The molecule has 0 bridgehead atoms. The lowest BCUT2D eigenvalue weighted by Gasteiger charge is -2.20. The van der Waals surface area contributed by atoms with Gasteiger partial charge in [-0.1, -0.05) is 0 Å². The molecule has 134 valence electrons. The number of esters is 2. The molecule has 0 saturated carbocycles.